The van der Waals surface area contributed by atoms with Gasteiger partial charge in [-0.25, -0.2) is 0 Å². The van der Waals surface area contributed by atoms with Gasteiger partial charge in [-0.05, 0) is 53.4 Å². The molecule has 6 heteroatoms. The van der Waals surface area contributed by atoms with Gasteiger partial charge in [-0.3, -0.25) is 9.59 Å². The van der Waals surface area contributed by atoms with Crippen molar-refractivity contribution in [2.45, 2.75) is 25.8 Å². The number of carbonyl (C=O) groups excluding carboxylic acids is 1. The maximum atomic E-state index is 12.0. The predicted molar refractivity (Wildman–Crippen MR) is 76.7 cm³/mol. The Hall–Kier alpha value is -1.56. The quantitative estimate of drug-likeness (QED) is 0.861. The summed E-state index contributed by atoms with van der Waals surface area (Å²) in [4.78, 5) is 24.2. The van der Waals surface area contributed by atoms with Gasteiger partial charge in [-0.2, -0.15) is 0 Å². The number of halogens is 1. The van der Waals surface area contributed by atoms with Gasteiger partial charge >= 0.3 is 5.97 Å². The highest BCUT2D eigenvalue weighted by Crippen LogP contribution is 2.28. The van der Waals surface area contributed by atoms with E-state index in [1.54, 1.807) is 6.07 Å². The summed E-state index contributed by atoms with van der Waals surface area (Å²) in [6, 6.07) is 5.63. The molecule has 0 atom stereocenters. The minimum Gasteiger partial charge on any atom is -0.483 e. The van der Waals surface area contributed by atoms with E-state index in [0.29, 0.717) is 5.75 Å². The van der Waals surface area contributed by atoms with Gasteiger partial charge in [-0.1, -0.05) is 6.07 Å². The molecule has 2 rings (SSSR count). The number of carboxylic acids is 1. The van der Waals surface area contributed by atoms with Crippen LogP contribution in [0.25, 0.3) is 0 Å². The summed E-state index contributed by atoms with van der Waals surface area (Å²) in [6.45, 7) is 1.55. The molecule has 1 fully saturated rings. The van der Waals surface area contributed by atoms with Crippen molar-refractivity contribution in [3.8, 4) is 5.75 Å². The number of nitrogens with zero attached hydrogens (tertiary/aromatic N) is 1. The van der Waals surface area contributed by atoms with Crippen LogP contribution in [0.4, 0.5) is 0 Å². The minimum atomic E-state index is -0.998. The van der Waals surface area contributed by atoms with Crippen LogP contribution in [0, 0.1) is 6.92 Å². The van der Waals surface area contributed by atoms with Gasteiger partial charge in [0.15, 0.2) is 6.61 Å². The van der Waals surface area contributed by atoms with E-state index < -0.39 is 5.97 Å². The first-order valence-corrected chi connectivity index (χ1v) is 7.17. The molecule has 108 valence electrons. The lowest BCUT2D eigenvalue weighted by Crippen LogP contribution is -2.40. The van der Waals surface area contributed by atoms with Gasteiger partial charge in [0.2, 0.25) is 0 Å². The van der Waals surface area contributed by atoms with E-state index in [4.69, 9.17) is 9.84 Å². The van der Waals surface area contributed by atoms with Crippen LogP contribution < -0.4 is 4.74 Å². The SMILES string of the molecule is Cc1ccc(OCC(=O)N(CC(=O)O)C2CC2)c(Br)c1. The molecule has 0 saturated heterocycles. The summed E-state index contributed by atoms with van der Waals surface area (Å²) >= 11 is 3.37. The Morgan fingerprint density at radius 2 is 2.15 bits per heavy atom. The zero-order chi connectivity index (χ0) is 14.7. The zero-order valence-corrected chi connectivity index (χ0v) is 12.7. The highest BCUT2D eigenvalue weighted by molar-refractivity contribution is 9.10. The minimum absolute atomic E-state index is 0.0589. The molecule has 1 aromatic rings. The van der Waals surface area contributed by atoms with Gasteiger partial charge in [0.25, 0.3) is 5.91 Å². The fourth-order valence-corrected chi connectivity index (χ4v) is 2.51. The van der Waals surface area contributed by atoms with Crippen LogP contribution in [0.15, 0.2) is 22.7 Å². The number of ether oxygens (including phenoxy) is 1. The van der Waals surface area contributed by atoms with Crippen molar-refractivity contribution < 1.29 is 19.4 Å². The van der Waals surface area contributed by atoms with Gasteiger partial charge < -0.3 is 14.7 Å². The Bertz CT molecular complexity index is 528. The topological polar surface area (TPSA) is 66.8 Å². The number of carboxylic acid groups (broad SMARTS) is 1. The lowest BCUT2D eigenvalue weighted by Gasteiger charge is -2.20. The normalized spacial score (nSPS) is 13.9. The fraction of sp³-hybridized carbons (Fsp3) is 0.429. The molecule has 1 saturated carbocycles. The number of aryl methyl sites for hydroxylation is 1. The smallest absolute Gasteiger partial charge is 0.323 e. The molecule has 1 N–H and O–H groups in total. The van der Waals surface area contributed by atoms with E-state index in [-0.39, 0.29) is 25.1 Å². The molecule has 20 heavy (non-hydrogen) atoms. The molecule has 0 unspecified atom stereocenters. The summed E-state index contributed by atoms with van der Waals surface area (Å²) in [6.07, 6.45) is 1.74. The van der Waals surface area contributed by atoms with Gasteiger partial charge in [0.05, 0.1) is 4.47 Å². The maximum absolute atomic E-state index is 12.0. The zero-order valence-electron chi connectivity index (χ0n) is 11.1. The highest BCUT2D eigenvalue weighted by atomic mass is 79.9. The number of hydrogen-bond donors (Lipinski definition) is 1. The van der Waals surface area contributed by atoms with Crippen LogP contribution >= 0.6 is 15.9 Å². The van der Waals surface area contributed by atoms with Gasteiger partial charge in [0.1, 0.15) is 12.3 Å². The first-order valence-electron chi connectivity index (χ1n) is 6.37. The molecule has 1 aliphatic rings. The van der Waals surface area contributed by atoms with Crippen molar-refractivity contribution in [1.29, 1.82) is 0 Å². The average molecular weight is 342 g/mol. The highest BCUT2D eigenvalue weighted by Gasteiger charge is 2.33. The van der Waals surface area contributed by atoms with Crippen molar-refractivity contribution in [3.63, 3.8) is 0 Å². The van der Waals surface area contributed by atoms with Crippen LogP contribution in [-0.2, 0) is 9.59 Å². The molecule has 1 aromatic carbocycles. The standard InChI is InChI=1S/C14H16BrNO4/c1-9-2-5-12(11(15)6-9)20-8-13(17)16(7-14(18)19)10-3-4-10/h2,5-6,10H,3-4,7-8H2,1H3,(H,18,19). The molecule has 0 aliphatic heterocycles. The summed E-state index contributed by atoms with van der Waals surface area (Å²) in [5, 5.41) is 8.83. The van der Waals surface area contributed by atoms with Crippen molar-refractivity contribution in [3.05, 3.63) is 28.2 Å². The van der Waals surface area contributed by atoms with Crippen LogP contribution in [0.3, 0.4) is 0 Å². The number of carbonyl (C=O) groups is 2. The van der Waals surface area contributed by atoms with Crippen molar-refractivity contribution in [1.82, 2.24) is 4.90 Å². The summed E-state index contributed by atoms with van der Waals surface area (Å²) in [7, 11) is 0. The second-order valence-corrected chi connectivity index (χ2v) is 5.72. The molecule has 0 aromatic heterocycles. The van der Waals surface area contributed by atoms with Crippen LogP contribution in [0.1, 0.15) is 18.4 Å². The molecule has 5 nitrogen and oxygen atoms in total. The largest absolute Gasteiger partial charge is 0.483 e. The number of hydrogen-bond acceptors (Lipinski definition) is 3. The van der Waals surface area contributed by atoms with Crippen LogP contribution in [0.2, 0.25) is 0 Å². The number of rotatable bonds is 6. The molecule has 0 radical (unpaired) electrons. The molecular weight excluding hydrogens is 326 g/mol. The number of amides is 1. The Labute approximate surface area is 125 Å². The molecule has 0 bridgehead atoms. The van der Waals surface area contributed by atoms with E-state index in [1.165, 1.54) is 4.90 Å². The number of aliphatic carboxylic acids is 1. The summed E-state index contributed by atoms with van der Waals surface area (Å²) in [5.74, 6) is -0.709. The third-order valence-electron chi connectivity index (χ3n) is 3.05. The Morgan fingerprint density at radius 3 is 2.70 bits per heavy atom. The Morgan fingerprint density at radius 1 is 1.45 bits per heavy atom. The van der Waals surface area contributed by atoms with E-state index in [2.05, 4.69) is 15.9 Å². The van der Waals surface area contributed by atoms with E-state index in [1.807, 2.05) is 19.1 Å². The average Bonchev–Trinajstić information content (AvgIpc) is 3.18. The second-order valence-electron chi connectivity index (χ2n) is 4.87. The molecular formula is C14H16BrNO4. The second kappa shape index (κ2) is 6.26. The third-order valence-corrected chi connectivity index (χ3v) is 3.67. The maximum Gasteiger partial charge on any atom is 0.323 e. The van der Waals surface area contributed by atoms with Crippen molar-refractivity contribution in [2.75, 3.05) is 13.2 Å². The Kier molecular flexibility index (Phi) is 4.65. The van der Waals surface area contributed by atoms with Crippen LogP contribution in [-0.4, -0.2) is 41.1 Å². The number of benzene rings is 1. The van der Waals surface area contributed by atoms with Gasteiger partial charge in [-0.15, -0.1) is 0 Å². The molecule has 0 spiro atoms. The first-order chi connectivity index (χ1) is 9.47. The predicted octanol–water partition coefficient (Wildman–Crippen LogP) is 2.21. The fourth-order valence-electron chi connectivity index (χ4n) is 1.90. The van der Waals surface area contributed by atoms with Gasteiger partial charge in [0, 0.05) is 6.04 Å². The molecule has 1 aliphatic carbocycles. The van der Waals surface area contributed by atoms with Crippen LogP contribution in [0.5, 0.6) is 5.75 Å². The van der Waals surface area contributed by atoms with Crippen molar-refractivity contribution in [2.24, 2.45) is 0 Å². The molecule has 1 amide bonds. The summed E-state index contributed by atoms with van der Waals surface area (Å²) in [5.41, 5.74) is 1.08. The lowest BCUT2D eigenvalue weighted by atomic mass is 10.2. The van der Waals surface area contributed by atoms with E-state index in [0.717, 1.165) is 22.9 Å². The summed E-state index contributed by atoms with van der Waals surface area (Å²) < 4.78 is 6.24. The van der Waals surface area contributed by atoms with E-state index >= 15 is 0 Å². The third kappa shape index (κ3) is 3.96. The van der Waals surface area contributed by atoms with E-state index in [9.17, 15) is 9.59 Å². The first kappa shape index (κ1) is 14.8. The molecule has 0 heterocycles. The lowest BCUT2D eigenvalue weighted by molar-refractivity contribution is -0.145. The monoisotopic (exact) mass is 341 g/mol. The Balaban J connectivity index is 1.94. The van der Waals surface area contributed by atoms with Crippen molar-refractivity contribution >= 4 is 27.8 Å².